The molecule has 0 aromatic heterocycles. The molecule has 45 heavy (non-hydrogen) atoms. The summed E-state index contributed by atoms with van der Waals surface area (Å²) in [5.74, 6) is 0.380. The number of hydrogen-bond acceptors (Lipinski definition) is 5. The van der Waals surface area contributed by atoms with Crippen molar-refractivity contribution in [3.8, 4) is 0 Å². The van der Waals surface area contributed by atoms with Crippen LogP contribution in [0.1, 0.15) is 77.3 Å². The Kier molecular flexibility index (Phi) is 12.5. The lowest BCUT2D eigenvalue weighted by Crippen LogP contribution is -2.38. The van der Waals surface area contributed by atoms with Crippen LogP contribution in [-0.4, -0.2) is 69.2 Å². The maximum atomic E-state index is 13.6. The number of unbranched alkanes of at least 4 members (excludes halogenated alkanes) is 2. The minimum Gasteiger partial charge on any atom is -0.379 e. The van der Waals surface area contributed by atoms with Gasteiger partial charge in [-0.2, -0.15) is 0 Å². The molecule has 2 aliphatic rings. The average molecular weight is 611 g/mol. The molecule has 0 bridgehead atoms. The molecule has 3 aromatic rings. The number of amides is 2. The summed E-state index contributed by atoms with van der Waals surface area (Å²) in [5, 5.41) is 6.21. The first-order valence-corrected chi connectivity index (χ1v) is 17.0. The fourth-order valence-corrected chi connectivity index (χ4v) is 6.43. The number of morpholine rings is 1. The van der Waals surface area contributed by atoms with Crippen LogP contribution in [0.4, 0.5) is 11.4 Å². The van der Waals surface area contributed by atoms with Gasteiger partial charge in [0, 0.05) is 49.7 Å². The third-order valence-electron chi connectivity index (χ3n) is 9.15. The van der Waals surface area contributed by atoms with E-state index in [1.807, 2.05) is 42.5 Å². The Bertz CT molecular complexity index is 1350. The number of carbonyl (C=O) groups excluding carboxylic acids is 2. The van der Waals surface area contributed by atoms with Gasteiger partial charge in [-0.25, -0.2) is 0 Å². The number of piperidine rings is 1. The molecule has 2 saturated heterocycles. The number of rotatable bonds is 14. The molecular formula is C38H50N4O3. The highest BCUT2D eigenvalue weighted by atomic mass is 16.5. The minimum absolute atomic E-state index is 0.0917. The first kappa shape index (κ1) is 32.7. The zero-order valence-corrected chi connectivity index (χ0v) is 26.9. The SMILES string of the molecule is CCCCCc1ccc(C(=O)Nc2ccc(N3CCC(Cc4ccccc4)CC3)c(C(=O)NCCCN3CCOCC3)c2)cc1. The second-order valence-electron chi connectivity index (χ2n) is 12.5. The van der Waals surface area contributed by atoms with Crippen LogP contribution in [0.3, 0.4) is 0 Å². The van der Waals surface area contributed by atoms with Crippen molar-refractivity contribution in [2.75, 3.05) is 62.7 Å². The fraction of sp³-hybridized carbons (Fsp3) is 0.474. The molecule has 2 aliphatic heterocycles. The summed E-state index contributed by atoms with van der Waals surface area (Å²) in [4.78, 5) is 31.5. The fourth-order valence-electron chi connectivity index (χ4n) is 6.43. The van der Waals surface area contributed by atoms with E-state index >= 15 is 0 Å². The Hall–Kier alpha value is -3.68. The van der Waals surface area contributed by atoms with E-state index in [4.69, 9.17) is 4.74 Å². The van der Waals surface area contributed by atoms with Crippen LogP contribution in [0.15, 0.2) is 72.8 Å². The van der Waals surface area contributed by atoms with E-state index in [2.05, 4.69) is 57.7 Å². The van der Waals surface area contributed by atoms with Gasteiger partial charge >= 0.3 is 0 Å². The molecule has 0 spiro atoms. The molecule has 2 N–H and O–H groups in total. The monoisotopic (exact) mass is 610 g/mol. The molecule has 0 atom stereocenters. The summed E-state index contributed by atoms with van der Waals surface area (Å²) >= 11 is 0. The third-order valence-corrected chi connectivity index (χ3v) is 9.15. The minimum atomic E-state index is -0.165. The summed E-state index contributed by atoms with van der Waals surface area (Å²) < 4.78 is 5.45. The first-order valence-electron chi connectivity index (χ1n) is 17.0. The zero-order chi connectivity index (χ0) is 31.3. The van der Waals surface area contributed by atoms with Crippen LogP contribution >= 0.6 is 0 Å². The van der Waals surface area contributed by atoms with Gasteiger partial charge in [-0.05, 0) is 92.4 Å². The highest BCUT2D eigenvalue weighted by Crippen LogP contribution is 2.30. The van der Waals surface area contributed by atoms with Crippen molar-refractivity contribution in [1.29, 1.82) is 0 Å². The van der Waals surface area contributed by atoms with Crippen molar-refractivity contribution in [2.45, 2.75) is 58.3 Å². The highest BCUT2D eigenvalue weighted by molar-refractivity contribution is 6.06. The molecule has 0 aliphatic carbocycles. The number of carbonyl (C=O) groups is 2. The van der Waals surface area contributed by atoms with E-state index < -0.39 is 0 Å². The van der Waals surface area contributed by atoms with Crippen molar-refractivity contribution in [3.63, 3.8) is 0 Å². The van der Waals surface area contributed by atoms with Gasteiger partial charge in [-0.3, -0.25) is 14.5 Å². The van der Waals surface area contributed by atoms with E-state index in [9.17, 15) is 9.59 Å². The normalized spacial score (nSPS) is 16.0. The number of aryl methyl sites for hydroxylation is 1. The molecule has 7 nitrogen and oxygen atoms in total. The molecular weight excluding hydrogens is 560 g/mol. The van der Waals surface area contributed by atoms with Crippen molar-refractivity contribution in [2.24, 2.45) is 5.92 Å². The van der Waals surface area contributed by atoms with Crippen LogP contribution in [0.25, 0.3) is 0 Å². The predicted molar refractivity (Wildman–Crippen MR) is 183 cm³/mol. The van der Waals surface area contributed by atoms with E-state index in [1.54, 1.807) is 0 Å². The van der Waals surface area contributed by atoms with E-state index in [0.29, 0.717) is 29.3 Å². The van der Waals surface area contributed by atoms with Crippen LogP contribution in [-0.2, 0) is 17.6 Å². The standard InChI is InChI=1S/C38H50N4O3/c1-2-3-5-9-30-12-14-33(15-13-30)37(43)40-34-16-17-36(42-22-18-32(19-23-42)28-31-10-6-4-7-11-31)35(29-34)38(44)39-20-8-21-41-24-26-45-27-25-41/h4,6-7,10-17,29,32H,2-3,5,8-9,18-28H2,1H3,(H,39,44)(H,40,43). The van der Waals surface area contributed by atoms with Gasteiger partial charge in [0.25, 0.3) is 11.8 Å². The van der Waals surface area contributed by atoms with Gasteiger partial charge in [-0.1, -0.05) is 62.2 Å². The number of nitrogens with one attached hydrogen (secondary N) is 2. The molecule has 0 saturated carbocycles. The summed E-state index contributed by atoms with van der Waals surface area (Å²) in [6.45, 7) is 9.02. The van der Waals surface area contributed by atoms with E-state index in [-0.39, 0.29) is 11.8 Å². The van der Waals surface area contributed by atoms with Crippen molar-refractivity contribution in [3.05, 3.63) is 95.1 Å². The van der Waals surface area contributed by atoms with Crippen LogP contribution in [0.2, 0.25) is 0 Å². The molecule has 0 radical (unpaired) electrons. The lowest BCUT2D eigenvalue weighted by molar-refractivity contribution is 0.0374. The maximum Gasteiger partial charge on any atom is 0.255 e. The largest absolute Gasteiger partial charge is 0.379 e. The highest BCUT2D eigenvalue weighted by Gasteiger charge is 2.24. The molecule has 0 unspecified atom stereocenters. The second kappa shape index (κ2) is 17.1. The van der Waals surface area contributed by atoms with Crippen LogP contribution in [0, 0.1) is 5.92 Å². The molecule has 3 aromatic carbocycles. The maximum absolute atomic E-state index is 13.6. The van der Waals surface area contributed by atoms with E-state index in [0.717, 1.165) is 90.1 Å². The van der Waals surface area contributed by atoms with Crippen molar-refractivity contribution >= 4 is 23.2 Å². The first-order chi connectivity index (χ1) is 22.1. The Balaban J connectivity index is 1.24. The zero-order valence-electron chi connectivity index (χ0n) is 26.9. The average Bonchev–Trinajstić information content (AvgIpc) is 3.08. The Morgan fingerprint density at radius 1 is 0.822 bits per heavy atom. The number of anilines is 2. The Morgan fingerprint density at radius 2 is 1.58 bits per heavy atom. The lowest BCUT2D eigenvalue weighted by atomic mass is 9.89. The molecule has 2 fully saturated rings. The topological polar surface area (TPSA) is 73.9 Å². The van der Waals surface area contributed by atoms with Crippen molar-refractivity contribution in [1.82, 2.24) is 10.2 Å². The molecule has 240 valence electrons. The smallest absolute Gasteiger partial charge is 0.255 e. The molecule has 7 heteroatoms. The Labute approximate surface area is 269 Å². The van der Waals surface area contributed by atoms with Gasteiger partial charge in [0.05, 0.1) is 18.8 Å². The second-order valence-corrected chi connectivity index (χ2v) is 12.5. The van der Waals surface area contributed by atoms with Crippen LogP contribution in [0.5, 0.6) is 0 Å². The molecule has 2 amide bonds. The van der Waals surface area contributed by atoms with E-state index in [1.165, 1.54) is 24.0 Å². The van der Waals surface area contributed by atoms with Gasteiger partial charge in [0.15, 0.2) is 0 Å². The number of ether oxygens (including phenoxy) is 1. The quantitative estimate of drug-likeness (QED) is 0.202. The summed E-state index contributed by atoms with van der Waals surface area (Å²) in [6, 6.07) is 24.4. The van der Waals surface area contributed by atoms with Gasteiger partial charge in [0.1, 0.15) is 0 Å². The number of benzene rings is 3. The van der Waals surface area contributed by atoms with Gasteiger partial charge < -0.3 is 20.3 Å². The van der Waals surface area contributed by atoms with Gasteiger partial charge in [-0.15, -0.1) is 0 Å². The van der Waals surface area contributed by atoms with Crippen molar-refractivity contribution < 1.29 is 14.3 Å². The predicted octanol–water partition coefficient (Wildman–Crippen LogP) is 6.58. The molecule has 5 rings (SSSR count). The van der Waals surface area contributed by atoms with Gasteiger partial charge in [0.2, 0.25) is 0 Å². The summed E-state index contributed by atoms with van der Waals surface area (Å²) in [7, 11) is 0. The summed E-state index contributed by atoms with van der Waals surface area (Å²) in [5.41, 5.74) is 5.45. The lowest BCUT2D eigenvalue weighted by Gasteiger charge is -2.35. The number of nitrogens with zero attached hydrogens (tertiary/aromatic N) is 2. The van der Waals surface area contributed by atoms with Crippen LogP contribution < -0.4 is 15.5 Å². The summed E-state index contributed by atoms with van der Waals surface area (Å²) in [6.07, 6.45) is 8.76. The Morgan fingerprint density at radius 3 is 2.31 bits per heavy atom. The third kappa shape index (κ3) is 9.90. The number of hydrogen-bond donors (Lipinski definition) is 2. The molecule has 2 heterocycles.